The molecule has 0 spiro atoms. The molecule has 0 aromatic heterocycles. The molecule has 3 amide bonds. The molecule has 0 radical (unpaired) electrons. The number of imide groups is 1. The van der Waals surface area contributed by atoms with Crippen molar-refractivity contribution in [3.8, 4) is 0 Å². The number of halogens is 3. The first-order valence-corrected chi connectivity index (χ1v) is 13.2. The molecule has 2 aromatic carbocycles. The maximum Gasteiger partial charge on any atom is 0.338 e. The van der Waals surface area contributed by atoms with Crippen LogP contribution >= 0.6 is 39.1 Å². The molecule has 0 unspecified atom stereocenters. The third kappa shape index (κ3) is 4.13. The summed E-state index contributed by atoms with van der Waals surface area (Å²) in [5.74, 6) is -3.06. The Morgan fingerprint density at radius 2 is 1.67 bits per heavy atom. The van der Waals surface area contributed by atoms with Crippen LogP contribution in [0.2, 0.25) is 0 Å². The Balaban J connectivity index is 1.26. The first-order chi connectivity index (χ1) is 17.1. The fraction of sp³-hybridized carbons (Fsp3) is 0.385. The van der Waals surface area contributed by atoms with Crippen molar-refractivity contribution in [1.82, 2.24) is 0 Å². The van der Waals surface area contributed by atoms with Crippen molar-refractivity contribution in [2.45, 2.75) is 31.0 Å². The van der Waals surface area contributed by atoms with E-state index in [0.29, 0.717) is 12.1 Å². The average molecular weight is 594 g/mol. The van der Waals surface area contributed by atoms with E-state index in [9.17, 15) is 19.2 Å². The Labute approximate surface area is 226 Å². The topological polar surface area (TPSA) is 92.8 Å². The van der Waals surface area contributed by atoms with Crippen molar-refractivity contribution < 1.29 is 23.9 Å². The van der Waals surface area contributed by atoms with Crippen molar-refractivity contribution in [3.63, 3.8) is 0 Å². The van der Waals surface area contributed by atoms with Gasteiger partial charge in [-0.25, -0.2) is 4.79 Å². The third-order valence-corrected chi connectivity index (χ3v) is 9.61. The number of anilines is 2. The molecule has 2 aromatic rings. The summed E-state index contributed by atoms with van der Waals surface area (Å²) in [6.07, 6.45) is 0.677. The molecule has 1 saturated heterocycles. The first kappa shape index (κ1) is 25.2. The van der Waals surface area contributed by atoms with Crippen LogP contribution in [-0.4, -0.2) is 41.1 Å². The van der Waals surface area contributed by atoms with Crippen LogP contribution in [0.3, 0.4) is 0 Å². The molecule has 3 fully saturated rings. The summed E-state index contributed by atoms with van der Waals surface area (Å²) in [7, 11) is 0. The van der Waals surface area contributed by atoms with E-state index in [1.54, 1.807) is 12.1 Å². The SMILES string of the molecule is Cc1cc(NC(=O)COC(=O)c2cccc(N3C(=O)[C@@H]4[C@H]5C[C@@H]([C@H](Cl)[C@H]5Cl)[C@H]4C3=O)c2)c(C)cc1Br. The number of rotatable bonds is 5. The number of hydrogen-bond acceptors (Lipinski definition) is 5. The van der Waals surface area contributed by atoms with Crippen molar-refractivity contribution in [1.29, 1.82) is 0 Å². The van der Waals surface area contributed by atoms with Gasteiger partial charge in [-0.1, -0.05) is 22.0 Å². The van der Waals surface area contributed by atoms with Gasteiger partial charge in [-0.2, -0.15) is 0 Å². The summed E-state index contributed by atoms with van der Waals surface area (Å²) in [4.78, 5) is 52.6. The van der Waals surface area contributed by atoms with Gasteiger partial charge in [-0.15, -0.1) is 23.2 Å². The van der Waals surface area contributed by atoms with E-state index >= 15 is 0 Å². The number of nitrogens with zero attached hydrogens (tertiary/aromatic N) is 1. The Bertz CT molecular complexity index is 1270. The van der Waals surface area contributed by atoms with E-state index in [1.165, 1.54) is 12.1 Å². The zero-order valence-corrected chi connectivity index (χ0v) is 22.6. The Hall–Kier alpha value is -2.42. The Morgan fingerprint density at radius 3 is 2.31 bits per heavy atom. The first-order valence-electron chi connectivity index (χ1n) is 11.6. The Kier molecular flexibility index (Phi) is 6.64. The minimum atomic E-state index is -0.739. The molecule has 6 atom stereocenters. The van der Waals surface area contributed by atoms with E-state index in [-0.39, 0.29) is 45.7 Å². The minimum Gasteiger partial charge on any atom is -0.452 e. The van der Waals surface area contributed by atoms with E-state index in [0.717, 1.165) is 20.5 Å². The summed E-state index contributed by atoms with van der Waals surface area (Å²) in [5, 5.41) is 2.06. The number of alkyl halides is 2. The van der Waals surface area contributed by atoms with Crippen LogP contribution in [0.4, 0.5) is 11.4 Å². The van der Waals surface area contributed by atoms with Gasteiger partial charge in [-0.05, 0) is 73.6 Å². The number of esters is 1. The van der Waals surface area contributed by atoms with Crippen LogP contribution in [0.25, 0.3) is 0 Å². The van der Waals surface area contributed by atoms with E-state index in [4.69, 9.17) is 27.9 Å². The standard InChI is InChI=1S/C26H23BrCl2N2O5/c1-11-7-18(12(2)6-17(11)27)30-19(32)10-36-26(35)13-4-3-5-14(8-13)31-24(33)20-15-9-16(21(20)25(31)34)23(29)22(15)28/h3-8,15-16,20-23H,9-10H2,1-2H3,(H,30,32)/t15-,16-,20-,21-,22+,23+/m1/s1. The molecule has 5 rings (SSSR count). The molecule has 3 aliphatic rings. The maximum atomic E-state index is 13.2. The lowest BCUT2D eigenvalue weighted by Gasteiger charge is -2.28. The Morgan fingerprint density at radius 1 is 1.03 bits per heavy atom. The van der Waals surface area contributed by atoms with Crippen molar-refractivity contribution in [3.05, 3.63) is 57.6 Å². The highest BCUT2D eigenvalue weighted by Crippen LogP contribution is 2.59. The highest BCUT2D eigenvalue weighted by molar-refractivity contribution is 9.10. The lowest BCUT2D eigenvalue weighted by atomic mass is 9.80. The molecule has 1 aliphatic heterocycles. The summed E-state index contributed by atoms with van der Waals surface area (Å²) < 4.78 is 6.12. The van der Waals surface area contributed by atoms with Gasteiger partial charge in [0.25, 0.3) is 5.91 Å². The molecule has 10 heteroatoms. The van der Waals surface area contributed by atoms with E-state index in [2.05, 4.69) is 21.2 Å². The van der Waals surface area contributed by atoms with E-state index in [1.807, 2.05) is 26.0 Å². The van der Waals surface area contributed by atoms with Crippen molar-refractivity contribution in [2.24, 2.45) is 23.7 Å². The zero-order chi connectivity index (χ0) is 25.9. The van der Waals surface area contributed by atoms with Gasteiger partial charge in [-0.3, -0.25) is 19.3 Å². The van der Waals surface area contributed by atoms with Crippen LogP contribution in [0.1, 0.15) is 27.9 Å². The number of ether oxygens (including phenoxy) is 1. The normalized spacial score (nSPS) is 28.4. The van der Waals surface area contributed by atoms with Crippen LogP contribution in [0, 0.1) is 37.5 Å². The summed E-state index contributed by atoms with van der Waals surface area (Å²) in [6, 6.07) is 9.81. The van der Waals surface area contributed by atoms with Gasteiger partial charge in [0.1, 0.15) is 0 Å². The van der Waals surface area contributed by atoms with Gasteiger partial charge in [0.2, 0.25) is 11.8 Å². The number of hydrogen-bond donors (Lipinski definition) is 1. The summed E-state index contributed by atoms with van der Waals surface area (Å²) >= 11 is 16.3. The lowest BCUT2D eigenvalue weighted by Crippen LogP contribution is -2.37. The number of carbonyl (C=O) groups excluding carboxylic acids is 4. The fourth-order valence-electron chi connectivity index (χ4n) is 5.69. The van der Waals surface area contributed by atoms with Crippen molar-refractivity contribution >= 4 is 74.2 Å². The molecule has 1 N–H and O–H groups in total. The fourth-order valence-corrected chi connectivity index (χ4v) is 7.04. The zero-order valence-electron chi connectivity index (χ0n) is 19.5. The molecule has 188 valence electrons. The monoisotopic (exact) mass is 592 g/mol. The van der Waals surface area contributed by atoms with Gasteiger partial charge in [0.05, 0.1) is 33.8 Å². The summed E-state index contributed by atoms with van der Waals surface area (Å²) in [6.45, 7) is 3.28. The smallest absolute Gasteiger partial charge is 0.338 e. The van der Waals surface area contributed by atoms with E-state index < -0.39 is 30.3 Å². The quantitative estimate of drug-likeness (QED) is 0.304. The molecule has 2 saturated carbocycles. The molecule has 36 heavy (non-hydrogen) atoms. The maximum absolute atomic E-state index is 13.2. The largest absolute Gasteiger partial charge is 0.452 e. The molecular weight excluding hydrogens is 571 g/mol. The number of fused-ring (bicyclic) bond motifs is 5. The second kappa shape index (κ2) is 9.47. The van der Waals surface area contributed by atoms with Crippen LogP contribution in [0.5, 0.6) is 0 Å². The molecule has 2 aliphatic carbocycles. The van der Waals surface area contributed by atoms with Crippen molar-refractivity contribution in [2.75, 3.05) is 16.8 Å². The average Bonchev–Trinajstić information content (AvgIpc) is 3.45. The third-order valence-electron chi connectivity index (χ3n) is 7.44. The summed E-state index contributed by atoms with van der Waals surface area (Å²) in [5.41, 5.74) is 2.86. The molecule has 7 nitrogen and oxygen atoms in total. The number of carbonyl (C=O) groups is 4. The highest BCUT2D eigenvalue weighted by atomic mass is 79.9. The lowest BCUT2D eigenvalue weighted by molar-refractivity contribution is -0.123. The number of benzene rings is 2. The predicted octanol–water partition coefficient (Wildman–Crippen LogP) is 4.83. The highest BCUT2D eigenvalue weighted by Gasteiger charge is 2.66. The van der Waals surface area contributed by atoms with Gasteiger partial charge < -0.3 is 10.1 Å². The number of amides is 3. The predicted molar refractivity (Wildman–Crippen MR) is 139 cm³/mol. The second-order valence-corrected chi connectivity index (χ2v) is 11.5. The number of nitrogens with one attached hydrogen (secondary N) is 1. The molecule has 2 bridgehead atoms. The second-order valence-electron chi connectivity index (χ2n) is 9.61. The minimum absolute atomic E-state index is 0.127. The van der Waals surface area contributed by atoms with Crippen LogP contribution < -0.4 is 10.2 Å². The number of aryl methyl sites for hydroxylation is 2. The molecule has 1 heterocycles. The van der Waals surface area contributed by atoms with Crippen LogP contribution in [-0.2, 0) is 19.1 Å². The molecular formula is C26H23BrCl2N2O5. The van der Waals surface area contributed by atoms with Gasteiger partial charge in [0, 0.05) is 10.2 Å². The van der Waals surface area contributed by atoms with Crippen LogP contribution in [0.15, 0.2) is 40.9 Å². The van der Waals surface area contributed by atoms with Gasteiger partial charge in [0.15, 0.2) is 6.61 Å². The van der Waals surface area contributed by atoms with Gasteiger partial charge >= 0.3 is 5.97 Å².